The molecular formula is C36H51ClN2O4S. The Morgan fingerprint density at radius 3 is 2.61 bits per heavy atom. The molecule has 6 nitrogen and oxygen atoms in total. The fourth-order valence-electron chi connectivity index (χ4n) is 6.16. The van der Waals surface area contributed by atoms with Crippen molar-refractivity contribution < 1.29 is 18.5 Å². The molecule has 1 saturated carbocycles. The van der Waals surface area contributed by atoms with E-state index in [0.29, 0.717) is 29.9 Å². The van der Waals surface area contributed by atoms with E-state index in [4.69, 9.17) is 21.1 Å². The maximum absolute atomic E-state index is 13.1. The van der Waals surface area contributed by atoms with Gasteiger partial charge >= 0.3 is 0 Å². The summed E-state index contributed by atoms with van der Waals surface area (Å²) >= 11 is 6.43. The molecule has 242 valence electrons. The Labute approximate surface area is 272 Å². The van der Waals surface area contributed by atoms with Crippen molar-refractivity contribution in [1.29, 1.82) is 0 Å². The molecule has 1 amide bonds. The number of nitrogens with one attached hydrogen (secondary N) is 1. The van der Waals surface area contributed by atoms with Crippen LogP contribution in [0.3, 0.4) is 0 Å². The van der Waals surface area contributed by atoms with Crippen molar-refractivity contribution in [2.45, 2.75) is 90.9 Å². The Balaban J connectivity index is 1.67. The van der Waals surface area contributed by atoms with Crippen LogP contribution in [0.4, 0.5) is 5.69 Å². The van der Waals surface area contributed by atoms with E-state index in [1.165, 1.54) is 11.1 Å². The first kappa shape index (κ1) is 34.5. The van der Waals surface area contributed by atoms with Gasteiger partial charge in [-0.15, -0.1) is 0 Å². The topological polar surface area (TPSA) is 67.9 Å². The summed E-state index contributed by atoms with van der Waals surface area (Å²) in [5, 5.41) is 0.589. The molecule has 2 aromatic carbocycles. The van der Waals surface area contributed by atoms with Crippen LogP contribution in [0.5, 0.6) is 5.75 Å². The summed E-state index contributed by atoms with van der Waals surface area (Å²) in [6.07, 6.45) is 9.86. The van der Waals surface area contributed by atoms with Crippen LogP contribution >= 0.6 is 11.6 Å². The molecule has 1 N–H and O–H groups in total. The monoisotopic (exact) mass is 642 g/mol. The van der Waals surface area contributed by atoms with E-state index in [9.17, 15) is 9.00 Å². The number of carbonyl (C=O) groups is 1. The minimum Gasteiger partial charge on any atom is -0.491 e. The van der Waals surface area contributed by atoms with E-state index >= 15 is 0 Å². The number of halogens is 1. The van der Waals surface area contributed by atoms with Crippen molar-refractivity contribution in [2.24, 2.45) is 17.8 Å². The summed E-state index contributed by atoms with van der Waals surface area (Å²) in [5.41, 5.74) is 3.94. The van der Waals surface area contributed by atoms with Gasteiger partial charge in [0.15, 0.2) is 0 Å². The molecule has 0 spiro atoms. The van der Waals surface area contributed by atoms with Crippen LogP contribution in [0.2, 0.25) is 5.02 Å². The molecular weight excluding hydrogens is 592 g/mol. The van der Waals surface area contributed by atoms with Crippen LogP contribution in [-0.4, -0.2) is 47.8 Å². The Bertz CT molecular complexity index is 1310. The van der Waals surface area contributed by atoms with E-state index in [1.54, 1.807) is 6.07 Å². The minimum absolute atomic E-state index is 0.102. The lowest BCUT2D eigenvalue weighted by Gasteiger charge is -2.44. The first-order valence-electron chi connectivity index (χ1n) is 16.4. The zero-order valence-corrected chi connectivity index (χ0v) is 28.9. The number of carbonyl (C=O) groups excluding carboxylic acids is 1. The normalized spacial score (nSPS) is 21.5. The van der Waals surface area contributed by atoms with Crippen LogP contribution in [0.1, 0.15) is 94.6 Å². The van der Waals surface area contributed by atoms with E-state index in [-0.39, 0.29) is 23.2 Å². The van der Waals surface area contributed by atoms with Gasteiger partial charge in [-0.1, -0.05) is 63.9 Å². The third-order valence-corrected chi connectivity index (χ3v) is 10.1. The largest absolute Gasteiger partial charge is 0.491 e. The van der Waals surface area contributed by atoms with E-state index < -0.39 is 11.0 Å². The number of nitrogens with zero attached hydrogens (tertiary/aromatic N) is 1. The molecule has 0 aromatic heterocycles. The standard InChI is InChI=1S/C36H51ClN2O4S/c1-7-9-11-34(42-22-24(3)4)32-15-12-28(32)20-39-21-29(31-16-14-30(37)18-26(31)10-8-2)23-43-35-17-13-27(19-33(35)39)36(40)38-44(41)25(5)6/h9,11,13-14,16-19,24-25,28-29,32,34H,7-8,10,12,15,20-23H2,1-6H3,(H,38,40)/b11-9+. The lowest BCUT2D eigenvalue weighted by Crippen LogP contribution is -2.45. The summed E-state index contributed by atoms with van der Waals surface area (Å²) in [7, 11) is -1.45. The number of aryl methyl sites for hydroxylation is 1. The Morgan fingerprint density at radius 1 is 1.16 bits per heavy atom. The second-order valence-electron chi connectivity index (χ2n) is 13.0. The second-order valence-corrected chi connectivity index (χ2v) is 15.2. The van der Waals surface area contributed by atoms with Crippen molar-refractivity contribution in [3.63, 3.8) is 0 Å². The van der Waals surface area contributed by atoms with Crippen molar-refractivity contribution >= 4 is 34.2 Å². The van der Waals surface area contributed by atoms with Gasteiger partial charge in [0.25, 0.3) is 5.91 Å². The van der Waals surface area contributed by atoms with Crippen LogP contribution in [0.25, 0.3) is 0 Å². The molecule has 1 fully saturated rings. The molecule has 0 bridgehead atoms. The molecule has 44 heavy (non-hydrogen) atoms. The highest BCUT2D eigenvalue weighted by molar-refractivity contribution is 7.84. The van der Waals surface area contributed by atoms with E-state index in [2.05, 4.69) is 61.6 Å². The van der Waals surface area contributed by atoms with Gasteiger partial charge in [-0.2, -0.15) is 0 Å². The summed E-state index contributed by atoms with van der Waals surface area (Å²) < 4.78 is 28.0. The molecule has 2 aliphatic rings. The van der Waals surface area contributed by atoms with Crippen molar-refractivity contribution in [3.8, 4) is 5.75 Å². The Morgan fingerprint density at radius 2 is 1.95 bits per heavy atom. The van der Waals surface area contributed by atoms with E-state index in [0.717, 1.165) is 68.3 Å². The summed E-state index contributed by atoms with van der Waals surface area (Å²) in [6.45, 7) is 15.3. The lowest BCUT2D eigenvalue weighted by molar-refractivity contribution is -0.0235. The van der Waals surface area contributed by atoms with Crippen LogP contribution in [0.15, 0.2) is 48.6 Å². The van der Waals surface area contributed by atoms with Gasteiger partial charge in [0.2, 0.25) is 0 Å². The molecule has 1 aliphatic heterocycles. The van der Waals surface area contributed by atoms with Crippen molar-refractivity contribution in [2.75, 3.05) is 31.2 Å². The quantitative estimate of drug-likeness (QED) is 0.211. The fraction of sp³-hybridized carbons (Fsp3) is 0.583. The third-order valence-electron chi connectivity index (χ3n) is 8.66. The Hall–Kier alpha value is -2.35. The third kappa shape index (κ3) is 8.88. The minimum atomic E-state index is -1.45. The molecule has 0 radical (unpaired) electrons. The van der Waals surface area contributed by atoms with Gasteiger partial charge in [0.05, 0.1) is 18.4 Å². The van der Waals surface area contributed by atoms with Crippen molar-refractivity contribution in [1.82, 2.24) is 4.72 Å². The summed E-state index contributed by atoms with van der Waals surface area (Å²) in [5.74, 6) is 1.94. The maximum Gasteiger partial charge on any atom is 0.263 e. The van der Waals surface area contributed by atoms with Crippen molar-refractivity contribution in [3.05, 3.63) is 70.3 Å². The van der Waals surface area contributed by atoms with Gasteiger partial charge in [-0.3, -0.25) is 9.52 Å². The van der Waals surface area contributed by atoms with Gasteiger partial charge in [-0.05, 0) is 98.7 Å². The number of rotatable bonds is 14. The van der Waals surface area contributed by atoms with E-state index in [1.807, 2.05) is 32.0 Å². The molecule has 4 rings (SSSR count). The average molecular weight is 643 g/mol. The molecule has 1 heterocycles. The number of ether oxygens (including phenoxy) is 2. The number of fused-ring (bicyclic) bond motifs is 1. The predicted octanol–water partition coefficient (Wildman–Crippen LogP) is 8.11. The summed E-state index contributed by atoms with van der Waals surface area (Å²) in [6, 6.07) is 11.8. The first-order chi connectivity index (χ1) is 21.1. The number of anilines is 1. The summed E-state index contributed by atoms with van der Waals surface area (Å²) in [4.78, 5) is 15.6. The second kappa shape index (κ2) is 16.3. The van der Waals surface area contributed by atoms with Crippen LogP contribution in [0, 0.1) is 17.8 Å². The highest BCUT2D eigenvalue weighted by Crippen LogP contribution is 2.43. The van der Waals surface area contributed by atoms with Gasteiger partial charge in [0.1, 0.15) is 16.7 Å². The SMILES string of the molecule is CC/C=C/C(OCC(C)C)C1CCC1CN1CC(c2ccc(Cl)cc2CCC)COc2ccc(C(=O)NS(=O)C(C)C)cc21. The molecule has 5 unspecified atom stereocenters. The van der Waals surface area contributed by atoms with Crippen LogP contribution in [-0.2, 0) is 22.1 Å². The van der Waals surface area contributed by atoms with Gasteiger partial charge in [-0.25, -0.2) is 4.21 Å². The highest BCUT2D eigenvalue weighted by Gasteiger charge is 2.39. The van der Waals surface area contributed by atoms with Gasteiger partial charge in [0, 0.05) is 41.5 Å². The number of benzene rings is 2. The molecule has 0 saturated heterocycles. The Kier molecular flexibility index (Phi) is 12.8. The van der Waals surface area contributed by atoms with Crippen LogP contribution < -0.4 is 14.4 Å². The molecule has 5 atom stereocenters. The lowest BCUT2D eigenvalue weighted by atomic mass is 9.70. The van der Waals surface area contributed by atoms with Gasteiger partial charge < -0.3 is 14.4 Å². The maximum atomic E-state index is 13.1. The number of hydrogen-bond donors (Lipinski definition) is 1. The fourth-order valence-corrected chi connectivity index (χ4v) is 6.89. The zero-order valence-electron chi connectivity index (χ0n) is 27.3. The highest BCUT2D eigenvalue weighted by atomic mass is 35.5. The number of hydrogen-bond acceptors (Lipinski definition) is 5. The predicted molar refractivity (Wildman–Crippen MR) is 183 cm³/mol. The first-order valence-corrected chi connectivity index (χ1v) is 18.0. The number of amides is 1. The smallest absolute Gasteiger partial charge is 0.263 e. The zero-order chi connectivity index (χ0) is 31.8. The number of allylic oxidation sites excluding steroid dienone is 1. The average Bonchev–Trinajstić information content (AvgIpc) is 3.15. The molecule has 2 aromatic rings. The molecule has 8 heteroatoms. The molecule has 1 aliphatic carbocycles.